The minimum Gasteiger partial charge on any atom is -0.381 e. The van der Waals surface area contributed by atoms with Gasteiger partial charge >= 0.3 is 0 Å². The van der Waals surface area contributed by atoms with Crippen molar-refractivity contribution >= 4 is 11.7 Å². The van der Waals surface area contributed by atoms with E-state index in [1.54, 1.807) is 11.0 Å². The van der Waals surface area contributed by atoms with E-state index in [-0.39, 0.29) is 11.8 Å². The van der Waals surface area contributed by atoms with Crippen molar-refractivity contribution in [2.75, 3.05) is 38.7 Å². The summed E-state index contributed by atoms with van der Waals surface area (Å²) < 4.78 is 5.43. The van der Waals surface area contributed by atoms with E-state index >= 15 is 0 Å². The van der Waals surface area contributed by atoms with Crippen LogP contribution in [0.3, 0.4) is 0 Å². The van der Waals surface area contributed by atoms with Crippen molar-refractivity contribution in [3.05, 3.63) is 23.4 Å². The number of amides is 1. The van der Waals surface area contributed by atoms with Crippen LogP contribution in [0.2, 0.25) is 0 Å². The SMILES string of the molecule is CCN(C)C(=O)C(CNc1nc(C)ccc1C#N)C1CCOCC1. The first kappa shape index (κ1) is 18.2. The number of aryl methyl sites for hydroxylation is 1. The van der Waals surface area contributed by atoms with Crippen LogP contribution in [-0.2, 0) is 9.53 Å². The molecule has 1 aromatic rings. The molecule has 1 amide bonds. The first-order valence-electron chi connectivity index (χ1n) is 8.51. The van der Waals surface area contributed by atoms with Gasteiger partial charge in [0.1, 0.15) is 11.9 Å². The molecule has 1 unspecified atom stereocenters. The van der Waals surface area contributed by atoms with Crippen LogP contribution < -0.4 is 5.32 Å². The maximum absolute atomic E-state index is 12.8. The van der Waals surface area contributed by atoms with E-state index < -0.39 is 0 Å². The number of nitrogens with one attached hydrogen (secondary N) is 1. The second kappa shape index (κ2) is 8.65. The van der Waals surface area contributed by atoms with Gasteiger partial charge in [-0.1, -0.05) is 0 Å². The number of nitrogens with zero attached hydrogens (tertiary/aromatic N) is 3. The molecule has 0 saturated carbocycles. The normalized spacial score (nSPS) is 16.2. The van der Waals surface area contributed by atoms with Crippen LogP contribution in [-0.4, -0.2) is 49.1 Å². The maximum atomic E-state index is 12.8. The Bertz CT molecular complexity index is 606. The quantitative estimate of drug-likeness (QED) is 0.865. The second-order valence-corrected chi connectivity index (χ2v) is 6.25. The number of ether oxygens (including phenoxy) is 1. The molecule has 2 rings (SSSR count). The zero-order valence-electron chi connectivity index (χ0n) is 14.7. The molecule has 0 radical (unpaired) electrons. The average Bonchev–Trinajstić information content (AvgIpc) is 2.62. The number of hydrogen-bond acceptors (Lipinski definition) is 5. The topological polar surface area (TPSA) is 78.3 Å². The highest BCUT2D eigenvalue weighted by atomic mass is 16.5. The van der Waals surface area contributed by atoms with E-state index in [2.05, 4.69) is 16.4 Å². The molecule has 6 nitrogen and oxygen atoms in total. The largest absolute Gasteiger partial charge is 0.381 e. The fourth-order valence-corrected chi connectivity index (χ4v) is 3.00. The Morgan fingerprint density at radius 1 is 1.50 bits per heavy atom. The van der Waals surface area contributed by atoms with Crippen molar-refractivity contribution in [3.8, 4) is 6.07 Å². The van der Waals surface area contributed by atoms with Crippen LogP contribution in [0.5, 0.6) is 0 Å². The van der Waals surface area contributed by atoms with E-state index in [9.17, 15) is 10.1 Å². The van der Waals surface area contributed by atoms with E-state index in [4.69, 9.17) is 4.74 Å². The van der Waals surface area contributed by atoms with Gasteiger partial charge in [-0.15, -0.1) is 0 Å². The summed E-state index contributed by atoms with van der Waals surface area (Å²) in [5.41, 5.74) is 1.35. The molecule has 1 aliphatic rings. The maximum Gasteiger partial charge on any atom is 0.227 e. The average molecular weight is 330 g/mol. The summed E-state index contributed by atoms with van der Waals surface area (Å²) in [5.74, 6) is 0.861. The Kier molecular flexibility index (Phi) is 6.56. The number of pyridine rings is 1. The van der Waals surface area contributed by atoms with Gasteiger partial charge in [-0.25, -0.2) is 4.98 Å². The summed E-state index contributed by atoms with van der Waals surface area (Å²) >= 11 is 0. The van der Waals surface area contributed by atoms with Gasteiger partial charge in [0.05, 0.1) is 11.5 Å². The first-order chi connectivity index (χ1) is 11.6. The zero-order valence-corrected chi connectivity index (χ0v) is 14.7. The molecule has 1 aromatic heterocycles. The highest BCUT2D eigenvalue weighted by Gasteiger charge is 2.31. The molecule has 0 spiro atoms. The molecule has 0 aromatic carbocycles. The Morgan fingerprint density at radius 2 is 2.21 bits per heavy atom. The Morgan fingerprint density at radius 3 is 2.83 bits per heavy atom. The van der Waals surface area contributed by atoms with Gasteiger partial charge in [-0.2, -0.15) is 5.26 Å². The lowest BCUT2D eigenvalue weighted by Gasteiger charge is -2.32. The Balaban J connectivity index is 2.14. The van der Waals surface area contributed by atoms with Crippen LogP contribution in [0, 0.1) is 30.1 Å². The third-order valence-electron chi connectivity index (χ3n) is 4.65. The summed E-state index contributed by atoms with van der Waals surface area (Å²) in [6.45, 7) is 6.44. The standard InChI is InChI=1S/C18H26N4O2/c1-4-22(3)18(23)16(14-7-9-24-10-8-14)12-20-17-15(11-19)6-5-13(2)21-17/h5-6,14,16H,4,7-10,12H2,1-3H3,(H,20,21). The number of carbonyl (C=O) groups is 1. The minimum absolute atomic E-state index is 0.132. The highest BCUT2D eigenvalue weighted by Crippen LogP contribution is 2.26. The molecular weight excluding hydrogens is 304 g/mol. The van der Waals surface area contributed by atoms with Gasteiger partial charge in [-0.05, 0) is 44.7 Å². The Labute approximate surface area is 143 Å². The monoisotopic (exact) mass is 330 g/mol. The van der Waals surface area contributed by atoms with E-state index in [0.717, 1.165) is 18.5 Å². The van der Waals surface area contributed by atoms with Crippen LogP contribution in [0.4, 0.5) is 5.82 Å². The highest BCUT2D eigenvalue weighted by molar-refractivity contribution is 5.79. The number of rotatable bonds is 6. The second-order valence-electron chi connectivity index (χ2n) is 6.25. The van der Waals surface area contributed by atoms with Crippen molar-refractivity contribution in [1.82, 2.24) is 9.88 Å². The fourth-order valence-electron chi connectivity index (χ4n) is 3.00. The molecule has 0 aliphatic carbocycles. The lowest BCUT2D eigenvalue weighted by Crippen LogP contribution is -2.41. The Hall–Kier alpha value is -2.13. The molecule has 1 aliphatic heterocycles. The minimum atomic E-state index is -0.132. The zero-order chi connectivity index (χ0) is 17.5. The number of aromatic nitrogens is 1. The number of carbonyl (C=O) groups excluding carboxylic acids is 1. The molecule has 24 heavy (non-hydrogen) atoms. The van der Waals surface area contributed by atoms with Crippen molar-refractivity contribution in [3.63, 3.8) is 0 Å². The molecule has 1 saturated heterocycles. The van der Waals surface area contributed by atoms with Crippen LogP contribution in [0.25, 0.3) is 0 Å². The summed E-state index contributed by atoms with van der Waals surface area (Å²) in [6.07, 6.45) is 1.78. The summed E-state index contributed by atoms with van der Waals surface area (Å²) in [6, 6.07) is 5.72. The number of nitriles is 1. The van der Waals surface area contributed by atoms with E-state index in [0.29, 0.717) is 43.6 Å². The molecule has 1 atom stereocenters. The van der Waals surface area contributed by atoms with Crippen molar-refractivity contribution < 1.29 is 9.53 Å². The van der Waals surface area contributed by atoms with Crippen molar-refractivity contribution in [1.29, 1.82) is 5.26 Å². The lowest BCUT2D eigenvalue weighted by molar-refractivity contribution is -0.136. The summed E-state index contributed by atoms with van der Waals surface area (Å²) in [7, 11) is 1.83. The number of hydrogen-bond donors (Lipinski definition) is 1. The lowest BCUT2D eigenvalue weighted by atomic mass is 9.85. The van der Waals surface area contributed by atoms with Gasteiger partial charge < -0.3 is 15.0 Å². The van der Waals surface area contributed by atoms with Crippen molar-refractivity contribution in [2.24, 2.45) is 11.8 Å². The van der Waals surface area contributed by atoms with E-state index in [1.807, 2.05) is 27.0 Å². The molecule has 1 N–H and O–H groups in total. The molecule has 1 fully saturated rings. The van der Waals surface area contributed by atoms with Crippen LogP contribution in [0.1, 0.15) is 31.0 Å². The van der Waals surface area contributed by atoms with Crippen molar-refractivity contribution in [2.45, 2.75) is 26.7 Å². The predicted molar refractivity (Wildman–Crippen MR) is 92.5 cm³/mol. The van der Waals surface area contributed by atoms with Gasteiger partial charge in [0.15, 0.2) is 0 Å². The van der Waals surface area contributed by atoms with Gasteiger partial charge in [0, 0.05) is 39.0 Å². The first-order valence-corrected chi connectivity index (χ1v) is 8.51. The smallest absolute Gasteiger partial charge is 0.227 e. The molecule has 0 bridgehead atoms. The summed E-state index contributed by atoms with van der Waals surface area (Å²) in [4.78, 5) is 18.9. The molecule has 6 heteroatoms. The number of anilines is 1. The van der Waals surface area contributed by atoms with Crippen LogP contribution >= 0.6 is 0 Å². The summed E-state index contributed by atoms with van der Waals surface area (Å²) in [5, 5.41) is 12.5. The van der Waals surface area contributed by atoms with Gasteiger partial charge in [-0.3, -0.25) is 4.79 Å². The van der Waals surface area contributed by atoms with Crippen LogP contribution in [0.15, 0.2) is 12.1 Å². The molecule has 130 valence electrons. The third kappa shape index (κ3) is 4.45. The third-order valence-corrected chi connectivity index (χ3v) is 4.65. The van der Waals surface area contributed by atoms with Gasteiger partial charge in [0.25, 0.3) is 0 Å². The molecular formula is C18H26N4O2. The molecule has 2 heterocycles. The predicted octanol–water partition coefficient (Wildman–Crippen LogP) is 2.19. The van der Waals surface area contributed by atoms with Gasteiger partial charge in [0.2, 0.25) is 5.91 Å². The fraction of sp³-hybridized carbons (Fsp3) is 0.611. The van der Waals surface area contributed by atoms with E-state index in [1.165, 1.54) is 0 Å².